The zero-order valence-electron chi connectivity index (χ0n) is 12.7. The summed E-state index contributed by atoms with van der Waals surface area (Å²) >= 11 is 0. The number of esters is 1. The van der Waals surface area contributed by atoms with Crippen molar-refractivity contribution in [1.82, 2.24) is 0 Å². The average molecular weight is 274 g/mol. The molecule has 1 saturated carbocycles. The molecule has 0 saturated heterocycles. The van der Waals surface area contributed by atoms with Gasteiger partial charge in [-0.1, -0.05) is 32.4 Å². The van der Waals surface area contributed by atoms with Crippen LogP contribution in [-0.2, 0) is 4.79 Å². The van der Waals surface area contributed by atoms with Gasteiger partial charge in [-0.3, -0.25) is 4.79 Å². The van der Waals surface area contributed by atoms with Gasteiger partial charge in [-0.2, -0.15) is 0 Å². The Morgan fingerprint density at radius 3 is 2.30 bits per heavy atom. The second kappa shape index (κ2) is 7.47. The van der Waals surface area contributed by atoms with Gasteiger partial charge in [0.2, 0.25) is 0 Å². The maximum atomic E-state index is 11.4. The van der Waals surface area contributed by atoms with Crippen molar-refractivity contribution < 1.29 is 9.53 Å². The minimum atomic E-state index is -0.135. The minimum Gasteiger partial charge on any atom is -0.427 e. The molecule has 110 valence electrons. The molecule has 20 heavy (non-hydrogen) atoms. The first kappa shape index (κ1) is 15.1. The van der Waals surface area contributed by atoms with Gasteiger partial charge in [0.15, 0.2) is 0 Å². The normalized spacial score (nSPS) is 22.5. The Bertz CT molecular complexity index is 414. The lowest BCUT2D eigenvalue weighted by Crippen LogP contribution is -2.12. The van der Waals surface area contributed by atoms with Crippen molar-refractivity contribution in [3.8, 4) is 5.75 Å². The lowest BCUT2D eigenvalue weighted by Gasteiger charge is -2.28. The minimum absolute atomic E-state index is 0.135. The maximum absolute atomic E-state index is 11.4. The van der Waals surface area contributed by atoms with Gasteiger partial charge in [-0.15, -0.1) is 0 Å². The molecule has 1 aromatic rings. The van der Waals surface area contributed by atoms with E-state index in [0.29, 0.717) is 18.1 Å². The van der Waals surface area contributed by atoms with E-state index in [4.69, 9.17) is 4.74 Å². The molecule has 1 aromatic carbocycles. The van der Waals surface area contributed by atoms with Gasteiger partial charge in [0.05, 0.1) is 0 Å². The molecule has 0 radical (unpaired) electrons. The molecule has 0 atom stereocenters. The molecule has 1 aliphatic carbocycles. The molecule has 0 amide bonds. The van der Waals surface area contributed by atoms with Crippen molar-refractivity contribution in [2.45, 2.75) is 64.7 Å². The SMILES string of the molecule is CCCC(=O)Oc1ccc(C2CCC(CC)CC2)cc1. The fourth-order valence-electron chi connectivity index (χ4n) is 3.10. The summed E-state index contributed by atoms with van der Waals surface area (Å²) in [5.74, 6) is 2.16. The number of rotatable bonds is 5. The van der Waals surface area contributed by atoms with Crippen LogP contribution in [0.1, 0.15) is 70.3 Å². The van der Waals surface area contributed by atoms with Gasteiger partial charge in [-0.25, -0.2) is 0 Å². The van der Waals surface area contributed by atoms with Crippen LogP contribution in [0.2, 0.25) is 0 Å². The van der Waals surface area contributed by atoms with E-state index in [2.05, 4.69) is 19.1 Å². The molecular weight excluding hydrogens is 248 g/mol. The quantitative estimate of drug-likeness (QED) is 0.553. The first-order valence-electron chi connectivity index (χ1n) is 8.03. The summed E-state index contributed by atoms with van der Waals surface area (Å²) in [7, 11) is 0. The van der Waals surface area contributed by atoms with Gasteiger partial charge >= 0.3 is 5.97 Å². The van der Waals surface area contributed by atoms with Crippen molar-refractivity contribution in [3.63, 3.8) is 0 Å². The van der Waals surface area contributed by atoms with Gasteiger partial charge in [0, 0.05) is 6.42 Å². The summed E-state index contributed by atoms with van der Waals surface area (Å²) in [6, 6.07) is 8.14. The third-order valence-electron chi connectivity index (χ3n) is 4.46. The summed E-state index contributed by atoms with van der Waals surface area (Å²) in [4.78, 5) is 11.4. The Hall–Kier alpha value is -1.31. The van der Waals surface area contributed by atoms with Crippen LogP contribution in [0.5, 0.6) is 5.75 Å². The van der Waals surface area contributed by atoms with E-state index >= 15 is 0 Å². The van der Waals surface area contributed by atoms with Crippen LogP contribution in [0, 0.1) is 5.92 Å². The molecule has 2 heteroatoms. The van der Waals surface area contributed by atoms with E-state index in [0.717, 1.165) is 12.3 Å². The highest BCUT2D eigenvalue weighted by Crippen LogP contribution is 2.37. The first-order valence-corrected chi connectivity index (χ1v) is 8.03. The Kier molecular flexibility index (Phi) is 5.63. The average Bonchev–Trinajstić information content (AvgIpc) is 2.48. The molecule has 0 unspecified atom stereocenters. The van der Waals surface area contributed by atoms with Crippen LogP contribution < -0.4 is 4.74 Å². The summed E-state index contributed by atoms with van der Waals surface area (Å²) in [5, 5.41) is 0. The smallest absolute Gasteiger partial charge is 0.311 e. The Morgan fingerprint density at radius 2 is 1.75 bits per heavy atom. The number of ether oxygens (including phenoxy) is 1. The standard InChI is InChI=1S/C18H26O2/c1-3-5-18(19)20-17-12-10-16(11-13-17)15-8-6-14(4-2)7-9-15/h10-15H,3-9H2,1-2H3. The molecule has 1 fully saturated rings. The summed E-state index contributed by atoms with van der Waals surface area (Å²) in [6.07, 6.45) is 7.95. The Balaban J connectivity index is 1.90. The van der Waals surface area contributed by atoms with E-state index in [1.54, 1.807) is 0 Å². The number of hydrogen-bond donors (Lipinski definition) is 0. The zero-order chi connectivity index (χ0) is 14.4. The second-order valence-electron chi connectivity index (χ2n) is 5.92. The van der Waals surface area contributed by atoms with Crippen molar-refractivity contribution in [2.24, 2.45) is 5.92 Å². The second-order valence-corrected chi connectivity index (χ2v) is 5.92. The molecule has 2 nitrogen and oxygen atoms in total. The van der Waals surface area contributed by atoms with Crippen molar-refractivity contribution in [1.29, 1.82) is 0 Å². The van der Waals surface area contributed by atoms with Crippen molar-refractivity contribution in [2.75, 3.05) is 0 Å². The predicted molar refractivity (Wildman–Crippen MR) is 82.0 cm³/mol. The maximum Gasteiger partial charge on any atom is 0.311 e. The highest BCUT2D eigenvalue weighted by atomic mass is 16.5. The zero-order valence-corrected chi connectivity index (χ0v) is 12.7. The number of benzene rings is 1. The van der Waals surface area contributed by atoms with E-state index < -0.39 is 0 Å². The highest BCUT2D eigenvalue weighted by Gasteiger charge is 2.21. The van der Waals surface area contributed by atoms with Crippen LogP contribution in [0.3, 0.4) is 0 Å². The Labute approximate surface area is 122 Å². The van der Waals surface area contributed by atoms with Gasteiger partial charge in [0.25, 0.3) is 0 Å². The molecule has 0 spiro atoms. The van der Waals surface area contributed by atoms with Crippen LogP contribution in [0.15, 0.2) is 24.3 Å². The van der Waals surface area contributed by atoms with E-state index in [-0.39, 0.29) is 5.97 Å². The highest BCUT2D eigenvalue weighted by molar-refractivity contribution is 5.72. The van der Waals surface area contributed by atoms with E-state index in [9.17, 15) is 4.79 Å². The molecule has 0 heterocycles. The van der Waals surface area contributed by atoms with E-state index in [1.165, 1.54) is 37.7 Å². The third-order valence-corrected chi connectivity index (χ3v) is 4.46. The lowest BCUT2D eigenvalue weighted by molar-refractivity contribution is -0.134. The van der Waals surface area contributed by atoms with Crippen molar-refractivity contribution in [3.05, 3.63) is 29.8 Å². The van der Waals surface area contributed by atoms with Crippen molar-refractivity contribution >= 4 is 5.97 Å². The molecule has 0 bridgehead atoms. The first-order chi connectivity index (χ1) is 9.72. The fourth-order valence-corrected chi connectivity index (χ4v) is 3.10. The summed E-state index contributed by atoms with van der Waals surface area (Å²) in [6.45, 7) is 4.28. The number of carbonyl (C=O) groups is 1. The van der Waals surface area contributed by atoms with Crippen LogP contribution in [-0.4, -0.2) is 5.97 Å². The lowest BCUT2D eigenvalue weighted by atomic mass is 9.78. The molecule has 0 N–H and O–H groups in total. The molecule has 0 aromatic heterocycles. The Morgan fingerprint density at radius 1 is 1.10 bits per heavy atom. The van der Waals surface area contributed by atoms with Crippen LogP contribution in [0.25, 0.3) is 0 Å². The van der Waals surface area contributed by atoms with Crippen LogP contribution in [0.4, 0.5) is 0 Å². The number of carbonyl (C=O) groups excluding carboxylic acids is 1. The molecule has 0 aliphatic heterocycles. The summed E-state index contributed by atoms with van der Waals surface area (Å²) in [5.41, 5.74) is 1.40. The topological polar surface area (TPSA) is 26.3 Å². The predicted octanol–water partition coefficient (Wildman–Crippen LogP) is 5.08. The monoisotopic (exact) mass is 274 g/mol. The molecular formula is C18H26O2. The van der Waals surface area contributed by atoms with E-state index in [1.807, 2.05) is 19.1 Å². The van der Waals surface area contributed by atoms with Gasteiger partial charge < -0.3 is 4.74 Å². The van der Waals surface area contributed by atoms with Crippen LogP contribution >= 0.6 is 0 Å². The molecule has 2 rings (SSSR count). The molecule has 1 aliphatic rings. The number of hydrogen-bond acceptors (Lipinski definition) is 2. The fraction of sp³-hybridized carbons (Fsp3) is 0.611. The van der Waals surface area contributed by atoms with Gasteiger partial charge in [-0.05, 0) is 61.6 Å². The summed E-state index contributed by atoms with van der Waals surface area (Å²) < 4.78 is 5.29. The van der Waals surface area contributed by atoms with Gasteiger partial charge in [0.1, 0.15) is 5.75 Å². The third kappa shape index (κ3) is 4.09. The largest absolute Gasteiger partial charge is 0.427 e.